The van der Waals surface area contributed by atoms with E-state index in [1.54, 1.807) is 6.26 Å². The fourth-order valence-electron chi connectivity index (χ4n) is 1.99. The van der Waals surface area contributed by atoms with Crippen molar-refractivity contribution in [3.8, 4) is 0 Å². The molecule has 2 aromatic heterocycles. The van der Waals surface area contributed by atoms with Gasteiger partial charge in [0.15, 0.2) is 0 Å². The van der Waals surface area contributed by atoms with Gasteiger partial charge in [-0.05, 0) is 43.8 Å². The molecule has 2 rings (SSSR count). The summed E-state index contributed by atoms with van der Waals surface area (Å²) in [4.78, 5) is 6.31. The van der Waals surface area contributed by atoms with E-state index in [1.807, 2.05) is 24.5 Å². The summed E-state index contributed by atoms with van der Waals surface area (Å²) in [6.45, 7) is 4.98. The minimum atomic E-state index is 0.254. The monoisotopic (exact) mass is 259 g/mol. The predicted octanol–water partition coefficient (Wildman–Crippen LogP) is 2.46. The average molecular weight is 259 g/mol. The molecule has 2 aromatic rings. The summed E-state index contributed by atoms with van der Waals surface area (Å²) >= 11 is 0. The Bertz CT molecular complexity index is 456. The van der Waals surface area contributed by atoms with Crippen LogP contribution in [0.3, 0.4) is 0 Å². The predicted molar refractivity (Wildman–Crippen MR) is 75.7 cm³/mol. The van der Waals surface area contributed by atoms with E-state index in [9.17, 15) is 0 Å². The van der Waals surface area contributed by atoms with E-state index >= 15 is 0 Å². The Morgan fingerprint density at radius 1 is 1.32 bits per heavy atom. The van der Waals surface area contributed by atoms with Crippen molar-refractivity contribution < 1.29 is 4.42 Å². The van der Waals surface area contributed by atoms with Gasteiger partial charge in [-0.25, -0.2) is 0 Å². The molecule has 0 spiro atoms. The lowest BCUT2D eigenvalue weighted by Gasteiger charge is -2.18. The van der Waals surface area contributed by atoms with E-state index in [4.69, 9.17) is 4.42 Å². The maximum absolute atomic E-state index is 5.37. The molecule has 4 heteroatoms. The topological polar surface area (TPSA) is 41.3 Å². The molecule has 4 nitrogen and oxygen atoms in total. The molecule has 0 aromatic carbocycles. The smallest absolute Gasteiger partial charge is 0.120 e. The van der Waals surface area contributed by atoms with Crippen molar-refractivity contribution in [2.45, 2.75) is 19.5 Å². The van der Waals surface area contributed by atoms with Crippen molar-refractivity contribution in [1.29, 1.82) is 0 Å². The van der Waals surface area contributed by atoms with E-state index in [1.165, 1.54) is 5.56 Å². The molecule has 0 saturated carbocycles. The second-order valence-electron chi connectivity index (χ2n) is 4.78. The van der Waals surface area contributed by atoms with Gasteiger partial charge >= 0.3 is 0 Å². The molecule has 1 atom stereocenters. The molecule has 1 unspecified atom stereocenters. The highest BCUT2D eigenvalue weighted by atomic mass is 16.3. The molecule has 0 bridgehead atoms. The minimum Gasteiger partial charge on any atom is -0.468 e. The molecule has 102 valence electrons. The van der Waals surface area contributed by atoms with Crippen LogP contribution in [0, 0.1) is 0 Å². The van der Waals surface area contributed by atoms with Crippen molar-refractivity contribution in [1.82, 2.24) is 15.2 Å². The van der Waals surface area contributed by atoms with Gasteiger partial charge in [0.1, 0.15) is 5.76 Å². The van der Waals surface area contributed by atoms with Gasteiger partial charge in [-0.15, -0.1) is 0 Å². The number of rotatable bonds is 7. The number of aromatic nitrogens is 1. The number of hydrogen-bond acceptors (Lipinski definition) is 4. The second-order valence-corrected chi connectivity index (χ2v) is 4.78. The van der Waals surface area contributed by atoms with Crippen molar-refractivity contribution in [3.05, 3.63) is 54.2 Å². The normalized spacial score (nSPS) is 12.8. The van der Waals surface area contributed by atoms with E-state index in [0.29, 0.717) is 0 Å². The molecule has 0 saturated heterocycles. The summed E-state index contributed by atoms with van der Waals surface area (Å²) in [7, 11) is 2.12. The van der Waals surface area contributed by atoms with E-state index < -0.39 is 0 Å². The molecular weight excluding hydrogens is 238 g/mol. The fourth-order valence-corrected chi connectivity index (χ4v) is 1.99. The van der Waals surface area contributed by atoms with Crippen molar-refractivity contribution in [2.75, 3.05) is 20.1 Å². The zero-order chi connectivity index (χ0) is 13.5. The first kappa shape index (κ1) is 13.8. The van der Waals surface area contributed by atoms with E-state index in [2.05, 4.69) is 41.3 Å². The minimum absolute atomic E-state index is 0.254. The van der Waals surface area contributed by atoms with Gasteiger partial charge in [0.2, 0.25) is 0 Å². The highest BCUT2D eigenvalue weighted by molar-refractivity contribution is 5.09. The molecule has 0 fully saturated rings. The molecule has 0 aliphatic rings. The summed E-state index contributed by atoms with van der Waals surface area (Å²) in [5.74, 6) is 0.983. The SMILES string of the molecule is CC(NCCN(C)Cc1ccncc1)c1ccco1. The summed E-state index contributed by atoms with van der Waals surface area (Å²) in [6.07, 6.45) is 5.38. The quantitative estimate of drug-likeness (QED) is 0.829. The highest BCUT2D eigenvalue weighted by Crippen LogP contribution is 2.11. The van der Waals surface area contributed by atoms with Crippen molar-refractivity contribution in [3.63, 3.8) is 0 Å². The average Bonchev–Trinajstić information content (AvgIpc) is 2.93. The Morgan fingerprint density at radius 2 is 2.11 bits per heavy atom. The Morgan fingerprint density at radius 3 is 2.79 bits per heavy atom. The summed E-state index contributed by atoms with van der Waals surface area (Å²) in [6, 6.07) is 8.27. The number of likely N-dealkylation sites (N-methyl/N-ethyl adjacent to an activating group) is 1. The van der Waals surface area contributed by atoms with Crippen LogP contribution in [0.2, 0.25) is 0 Å². The Kier molecular flexibility index (Phi) is 5.12. The van der Waals surface area contributed by atoms with Gasteiger partial charge < -0.3 is 14.6 Å². The molecule has 19 heavy (non-hydrogen) atoms. The van der Waals surface area contributed by atoms with Gasteiger partial charge in [-0.1, -0.05) is 0 Å². The van der Waals surface area contributed by atoms with Crippen LogP contribution < -0.4 is 5.32 Å². The van der Waals surface area contributed by atoms with Crippen LogP contribution in [0.15, 0.2) is 47.3 Å². The van der Waals surface area contributed by atoms with Gasteiger partial charge in [0.05, 0.1) is 12.3 Å². The third-order valence-corrected chi connectivity index (χ3v) is 3.12. The molecule has 1 N–H and O–H groups in total. The lowest BCUT2D eigenvalue weighted by molar-refractivity contribution is 0.313. The first-order valence-electron chi connectivity index (χ1n) is 6.60. The van der Waals surface area contributed by atoms with Gasteiger partial charge in [-0.3, -0.25) is 4.98 Å². The Balaban J connectivity index is 1.68. The first-order chi connectivity index (χ1) is 9.25. The summed E-state index contributed by atoms with van der Waals surface area (Å²) in [5, 5.41) is 3.45. The summed E-state index contributed by atoms with van der Waals surface area (Å²) in [5.41, 5.74) is 1.29. The van der Waals surface area contributed by atoms with Crippen LogP contribution in [0.4, 0.5) is 0 Å². The Hall–Kier alpha value is -1.65. The van der Waals surface area contributed by atoms with Crippen molar-refractivity contribution in [2.24, 2.45) is 0 Å². The van der Waals surface area contributed by atoms with Crippen LogP contribution >= 0.6 is 0 Å². The van der Waals surface area contributed by atoms with E-state index in [-0.39, 0.29) is 6.04 Å². The molecule has 0 radical (unpaired) electrons. The maximum atomic E-state index is 5.37. The molecule has 0 amide bonds. The van der Waals surface area contributed by atoms with Crippen LogP contribution in [-0.4, -0.2) is 30.0 Å². The molecule has 0 aliphatic heterocycles. The lowest BCUT2D eigenvalue weighted by Crippen LogP contribution is -2.30. The standard InChI is InChI=1S/C15H21N3O/c1-13(15-4-3-11-19-15)17-9-10-18(2)12-14-5-7-16-8-6-14/h3-8,11,13,17H,9-10,12H2,1-2H3. The molecule has 2 heterocycles. The number of pyridine rings is 1. The van der Waals surface area contributed by atoms with Crippen LogP contribution in [0.25, 0.3) is 0 Å². The van der Waals surface area contributed by atoms with Crippen LogP contribution in [0.1, 0.15) is 24.3 Å². The third kappa shape index (κ3) is 4.50. The zero-order valence-corrected chi connectivity index (χ0v) is 11.5. The van der Waals surface area contributed by atoms with Gasteiger partial charge in [-0.2, -0.15) is 0 Å². The molecule has 0 aliphatic carbocycles. The summed E-state index contributed by atoms with van der Waals surface area (Å²) < 4.78 is 5.37. The highest BCUT2D eigenvalue weighted by Gasteiger charge is 2.07. The largest absolute Gasteiger partial charge is 0.468 e. The maximum Gasteiger partial charge on any atom is 0.120 e. The number of nitrogens with zero attached hydrogens (tertiary/aromatic N) is 2. The van der Waals surface area contributed by atoms with E-state index in [0.717, 1.165) is 25.4 Å². The lowest BCUT2D eigenvalue weighted by atomic mass is 10.2. The van der Waals surface area contributed by atoms with Crippen LogP contribution in [0.5, 0.6) is 0 Å². The zero-order valence-electron chi connectivity index (χ0n) is 11.5. The van der Waals surface area contributed by atoms with Crippen LogP contribution in [-0.2, 0) is 6.54 Å². The molecular formula is C15H21N3O. The van der Waals surface area contributed by atoms with Gasteiger partial charge in [0, 0.05) is 32.0 Å². The number of furan rings is 1. The Labute approximate surface area is 114 Å². The third-order valence-electron chi connectivity index (χ3n) is 3.12. The fraction of sp³-hybridized carbons (Fsp3) is 0.400. The number of nitrogens with one attached hydrogen (secondary N) is 1. The number of hydrogen-bond donors (Lipinski definition) is 1. The second kappa shape index (κ2) is 7.07. The van der Waals surface area contributed by atoms with Gasteiger partial charge in [0.25, 0.3) is 0 Å². The first-order valence-corrected chi connectivity index (χ1v) is 6.60. The van der Waals surface area contributed by atoms with Crippen molar-refractivity contribution >= 4 is 0 Å².